The Balaban J connectivity index is 2.05. The topological polar surface area (TPSA) is 114 Å². The second-order valence-electron chi connectivity index (χ2n) is 6.93. The summed E-state index contributed by atoms with van der Waals surface area (Å²) < 4.78 is 31.8. The van der Waals surface area contributed by atoms with Gasteiger partial charge in [0.2, 0.25) is 0 Å². The van der Waals surface area contributed by atoms with Crippen LogP contribution in [0.1, 0.15) is 45.6 Å². The van der Waals surface area contributed by atoms with Gasteiger partial charge in [-0.3, -0.25) is 14.5 Å². The lowest BCUT2D eigenvalue weighted by atomic mass is 10.1. The fraction of sp³-hybridized carbons (Fsp3) is 0.526. The van der Waals surface area contributed by atoms with Crippen LogP contribution in [0.5, 0.6) is 0 Å². The highest BCUT2D eigenvalue weighted by Gasteiger charge is 2.33. The molecule has 1 aromatic rings. The van der Waals surface area contributed by atoms with Crippen molar-refractivity contribution in [3.05, 3.63) is 29.8 Å². The number of carbonyl (C=O) groups is 2. The fourth-order valence-electron chi connectivity index (χ4n) is 2.72. The summed E-state index contributed by atoms with van der Waals surface area (Å²) in [5.41, 5.74) is 0.412. The molecule has 0 saturated heterocycles. The summed E-state index contributed by atoms with van der Waals surface area (Å²) in [5, 5.41) is 2.69. The third-order valence-corrected chi connectivity index (χ3v) is 5.65. The van der Waals surface area contributed by atoms with Gasteiger partial charge in [-0.05, 0) is 24.5 Å². The second-order valence-corrected chi connectivity index (χ2v) is 8.58. The first kappa shape index (κ1) is 21.9. The Hall–Kier alpha value is -2.42. The van der Waals surface area contributed by atoms with Crippen molar-refractivity contribution in [2.45, 2.75) is 51.0 Å². The number of esters is 1. The van der Waals surface area contributed by atoms with Gasteiger partial charge in [-0.2, -0.15) is 0 Å². The molecule has 0 aliphatic carbocycles. The molecule has 1 aromatic carbocycles. The number of hydrogen-bond donors (Lipinski definition) is 2. The quantitative estimate of drug-likeness (QED) is 0.475. The van der Waals surface area contributed by atoms with Gasteiger partial charge in [0.1, 0.15) is 5.84 Å². The maximum Gasteiger partial charge on any atom is 0.331 e. The third kappa shape index (κ3) is 5.54. The molecule has 2 N–H and O–H groups in total. The number of carbonyl (C=O) groups excluding carboxylic acids is 2. The molecule has 0 unspecified atom stereocenters. The first-order chi connectivity index (χ1) is 13.3. The predicted octanol–water partition coefficient (Wildman–Crippen LogP) is 1.60. The molecule has 9 heteroatoms. The van der Waals surface area contributed by atoms with Gasteiger partial charge in [-0.1, -0.05) is 45.7 Å². The van der Waals surface area contributed by atoms with Crippen LogP contribution in [-0.2, 0) is 24.3 Å². The zero-order valence-electron chi connectivity index (χ0n) is 16.4. The molecule has 0 aromatic heterocycles. The molecule has 0 radical (unpaired) electrons. The minimum atomic E-state index is -3.69. The molecule has 1 heterocycles. The molecule has 8 nitrogen and oxygen atoms in total. The van der Waals surface area contributed by atoms with Crippen molar-refractivity contribution in [3.8, 4) is 0 Å². The smallest absolute Gasteiger partial charge is 0.331 e. The minimum absolute atomic E-state index is 0.107. The number of nitrogens with one attached hydrogen (secondary N) is 2. The van der Waals surface area contributed by atoms with Gasteiger partial charge < -0.3 is 10.1 Å². The Bertz CT molecular complexity index is 849. The van der Waals surface area contributed by atoms with E-state index in [0.29, 0.717) is 12.1 Å². The highest BCUT2D eigenvalue weighted by atomic mass is 32.2. The molecule has 154 valence electrons. The molecule has 0 bridgehead atoms. The van der Waals surface area contributed by atoms with E-state index in [1.165, 1.54) is 6.07 Å². The van der Waals surface area contributed by atoms with Crippen LogP contribution < -0.4 is 10.0 Å². The summed E-state index contributed by atoms with van der Waals surface area (Å²) in [7, 11) is -3.69. The van der Waals surface area contributed by atoms with E-state index in [9.17, 15) is 18.0 Å². The van der Waals surface area contributed by atoms with E-state index in [1.807, 2.05) is 0 Å². The van der Waals surface area contributed by atoms with Crippen molar-refractivity contribution in [2.24, 2.45) is 10.9 Å². The van der Waals surface area contributed by atoms with Crippen molar-refractivity contribution < 1.29 is 22.7 Å². The second kappa shape index (κ2) is 9.68. The summed E-state index contributed by atoms with van der Waals surface area (Å²) in [6.07, 6.45) is 2.94. The predicted molar refractivity (Wildman–Crippen MR) is 105 cm³/mol. The van der Waals surface area contributed by atoms with Crippen LogP contribution in [-0.4, -0.2) is 45.3 Å². The Morgan fingerprint density at radius 2 is 1.93 bits per heavy atom. The van der Waals surface area contributed by atoms with Gasteiger partial charge in [-0.15, -0.1) is 0 Å². The monoisotopic (exact) mass is 409 g/mol. The summed E-state index contributed by atoms with van der Waals surface area (Å²) >= 11 is 0. The zero-order valence-corrected chi connectivity index (χ0v) is 17.2. The first-order valence-electron chi connectivity index (χ1n) is 9.39. The number of hydrogen-bond acceptors (Lipinski definition) is 6. The summed E-state index contributed by atoms with van der Waals surface area (Å²) in [6.45, 7) is 5.77. The lowest BCUT2D eigenvalue weighted by Gasteiger charge is -2.16. The zero-order chi connectivity index (χ0) is 20.7. The summed E-state index contributed by atoms with van der Waals surface area (Å²) in [6, 6.07) is 5.48. The van der Waals surface area contributed by atoms with Crippen LogP contribution in [0.2, 0.25) is 0 Å². The van der Waals surface area contributed by atoms with Gasteiger partial charge >= 0.3 is 5.97 Å². The average molecular weight is 410 g/mol. The van der Waals surface area contributed by atoms with Crippen LogP contribution in [0.4, 0.5) is 0 Å². The maximum absolute atomic E-state index is 12.4. The normalized spacial score (nSPS) is 17.1. The molecule has 2 rings (SSSR count). The number of nitrogens with zero attached hydrogens (tertiary/aromatic N) is 1. The molecule has 1 amide bonds. The Morgan fingerprint density at radius 1 is 1.21 bits per heavy atom. The van der Waals surface area contributed by atoms with Crippen LogP contribution in [0.15, 0.2) is 34.2 Å². The molecular weight excluding hydrogens is 382 g/mol. The number of ether oxygens (including phenoxy) is 1. The molecule has 1 atom stereocenters. The maximum atomic E-state index is 12.4. The van der Waals surface area contributed by atoms with E-state index in [1.54, 1.807) is 32.0 Å². The van der Waals surface area contributed by atoms with E-state index in [-0.39, 0.29) is 29.2 Å². The van der Waals surface area contributed by atoms with Gasteiger partial charge in [0.25, 0.3) is 15.9 Å². The Kier molecular flexibility index (Phi) is 7.56. The number of fused-ring (bicyclic) bond motifs is 1. The molecular formula is C19H27N3O5S. The van der Waals surface area contributed by atoms with Crippen molar-refractivity contribution in [1.29, 1.82) is 0 Å². The molecule has 0 spiro atoms. The molecule has 0 fully saturated rings. The standard InChI is InChI=1S/C19H27N3O5S/c1-4-5-8-11-20-16(23)12-27-19(24)17(13(2)3)21-18-14-9-6-7-10-15(14)28(25,26)22-18/h6-7,9-10,13,17H,4-5,8,11-12H2,1-3H3,(H,20,23)(H,21,22)/t17-/m0/s1. The highest BCUT2D eigenvalue weighted by Crippen LogP contribution is 2.23. The number of aliphatic imine (C=N–C) groups is 1. The van der Waals surface area contributed by atoms with E-state index < -0.39 is 22.0 Å². The molecule has 1 aliphatic rings. The van der Waals surface area contributed by atoms with Crippen LogP contribution in [0.3, 0.4) is 0 Å². The number of rotatable bonds is 9. The average Bonchev–Trinajstić information content (AvgIpc) is 2.91. The van der Waals surface area contributed by atoms with E-state index in [2.05, 4.69) is 22.0 Å². The van der Waals surface area contributed by atoms with Crippen LogP contribution in [0, 0.1) is 5.92 Å². The first-order valence-corrected chi connectivity index (χ1v) is 10.9. The summed E-state index contributed by atoms with van der Waals surface area (Å²) in [4.78, 5) is 28.6. The minimum Gasteiger partial charge on any atom is -0.454 e. The lowest BCUT2D eigenvalue weighted by Crippen LogP contribution is -2.35. The van der Waals surface area contributed by atoms with Crippen molar-refractivity contribution in [3.63, 3.8) is 0 Å². The van der Waals surface area contributed by atoms with Crippen molar-refractivity contribution in [2.75, 3.05) is 13.2 Å². The molecule has 1 aliphatic heterocycles. The van der Waals surface area contributed by atoms with Gasteiger partial charge in [0, 0.05) is 12.1 Å². The highest BCUT2D eigenvalue weighted by molar-refractivity contribution is 7.90. The third-order valence-electron chi connectivity index (χ3n) is 4.25. The van der Waals surface area contributed by atoms with Crippen molar-refractivity contribution in [1.82, 2.24) is 10.0 Å². The number of amides is 1. The molecule has 0 saturated carbocycles. The van der Waals surface area contributed by atoms with Crippen LogP contribution >= 0.6 is 0 Å². The molecule has 28 heavy (non-hydrogen) atoms. The largest absolute Gasteiger partial charge is 0.454 e. The number of sulfonamides is 1. The number of unbranched alkanes of at least 4 members (excludes halogenated alkanes) is 2. The van der Waals surface area contributed by atoms with Gasteiger partial charge in [0.05, 0.1) is 4.90 Å². The Labute approximate surface area is 165 Å². The van der Waals surface area contributed by atoms with Crippen LogP contribution in [0.25, 0.3) is 0 Å². The van der Waals surface area contributed by atoms with E-state index >= 15 is 0 Å². The van der Waals surface area contributed by atoms with E-state index in [0.717, 1.165) is 19.3 Å². The van der Waals surface area contributed by atoms with E-state index in [4.69, 9.17) is 4.74 Å². The lowest BCUT2D eigenvalue weighted by molar-refractivity contribution is -0.150. The van der Waals surface area contributed by atoms with Gasteiger partial charge in [-0.25, -0.2) is 13.2 Å². The van der Waals surface area contributed by atoms with Crippen molar-refractivity contribution >= 4 is 27.7 Å². The Morgan fingerprint density at radius 3 is 2.61 bits per heavy atom. The summed E-state index contributed by atoms with van der Waals surface area (Å²) in [5.74, 6) is -1.18. The fourth-order valence-corrected chi connectivity index (χ4v) is 3.96. The van der Waals surface area contributed by atoms with Gasteiger partial charge in [0.15, 0.2) is 12.6 Å². The number of amidine groups is 1. The SMILES string of the molecule is CCCCCNC(=O)COC(=O)[C@@H](N=C1NS(=O)(=O)c2ccccc21)C(C)C. The number of benzene rings is 1.